The third kappa shape index (κ3) is 8.23. The van der Waals surface area contributed by atoms with Crippen molar-refractivity contribution >= 4 is 16.4 Å². The van der Waals surface area contributed by atoms with Crippen LogP contribution in [0.2, 0.25) is 39.3 Å². The highest BCUT2D eigenvalue weighted by Crippen LogP contribution is 2.22. The van der Waals surface area contributed by atoms with E-state index in [2.05, 4.69) is 46.2 Å². The van der Waals surface area contributed by atoms with Crippen molar-refractivity contribution in [2.75, 3.05) is 0 Å². The van der Waals surface area contributed by atoms with Gasteiger partial charge in [-0.05, 0) is 26.1 Å². The van der Waals surface area contributed by atoms with Gasteiger partial charge in [0.2, 0.25) is 0 Å². The van der Waals surface area contributed by atoms with Crippen LogP contribution in [-0.4, -0.2) is 22.1 Å². The second-order valence-corrected chi connectivity index (χ2v) is 16.4. The molecule has 1 atom stereocenters. The van der Waals surface area contributed by atoms with Gasteiger partial charge in [-0.3, -0.25) is 0 Å². The van der Waals surface area contributed by atoms with Crippen molar-refractivity contribution in [2.24, 2.45) is 0 Å². The Bertz CT molecular complexity index is 167. The molecule has 0 aliphatic heterocycles. The molecule has 0 radical (unpaired) electrons. The van der Waals surface area contributed by atoms with E-state index in [-0.39, 0.29) is 0 Å². The lowest BCUT2D eigenvalue weighted by Gasteiger charge is -2.34. The molecule has 0 heterocycles. The van der Waals surface area contributed by atoms with Crippen molar-refractivity contribution in [2.45, 2.75) is 77.6 Å². The Hall–Kier alpha value is 0.394. The quantitative estimate of drug-likeness (QED) is 0.469. The third-order valence-electron chi connectivity index (χ3n) is 2.53. The topological polar surface area (TPSA) is 9.23 Å². The molecule has 0 fully saturated rings. The average Bonchev–Trinajstić information content (AvgIpc) is 1.99. The predicted molar refractivity (Wildman–Crippen MR) is 75.7 cm³/mol. The molecule has 0 aliphatic carbocycles. The third-order valence-corrected chi connectivity index (χ3v) is 6.10. The molecule has 0 amide bonds. The SMILES string of the molecule is CCCCCC(O[Si](C)(C)C)[Si](C)(C)C. The molecule has 0 saturated carbocycles. The molecule has 0 spiro atoms. The van der Waals surface area contributed by atoms with Gasteiger partial charge in [0.25, 0.3) is 0 Å². The Morgan fingerprint density at radius 3 is 1.80 bits per heavy atom. The van der Waals surface area contributed by atoms with E-state index in [4.69, 9.17) is 4.43 Å². The summed E-state index contributed by atoms with van der Waals surface area (Å²) < 4.78 is 6.35. The summed E-state index contributed by atoms with van der Waals surface area (Å²) in [6.07, 6.45) is 5.30. The molecule has 1 nitrogen and oxygen atoms in total. The summed E-state index contributed by atoms with van der Waals surface area (Å²) in [5.74, 6) is 0. The van der Waals surface area contributed by atoms with Gasteiger partial charge in [-0.15, -0.1) is 0 Å². The summed E-state index contributed by atoms with van der Waals surface area (Å²) in [6.45, 7) is 16.5. The minimum atomic E-state index is -1.36. The zero-order valence-corrected chi connectivity index (χ0v) is 13.8. The molecule has 1 unspecified atom stereocenters. The van der Waals surface area contributed by atoms with Crippen LogP contribution in [0.25, 0.3) is 0 Å². The second-order valence-electron chi connectivity index (χ2n) is 6.58. The van der Waals surface area contributed by atoms with Crippen LogP contribution in [0, 0.1) is 0 Å². The van der Waals surface area contributed by atoms with Gasteiger partial charge in [0.05, 0.1) is 8.07 Å². The highest BCUT2D eigenvalue weighted by Gasteiger charge is 2.31. The van der Waals surface area contributed by atoms with E-state index in [1.54, 1.807) is 0 Å². The molecule has 15 heavy (non-hydrogen) atoms. The van der Waals surface area contributed by atoms with Crippen molar-refractivity contribution in [1.82, 2.24) is 0 Å². The lowest BCUT2D eigenvalue weighted by molar-refractivity contribution is 0.246. The van der Waals surface area contributed by atoms with Gasteiger partial charge in [-0.25, -0.2) is 0 Å². The van der Waals surface area contributed by atoms with Crippen LogP contribution in [0.5, 0.6) is 0 Å². The zero-order chi connectivity index (χ0) is 12.1. The lowest BCUT2D eigenvalue weighted by Crippen LogP contribution is -2.46. The Kier molecular flexibility index (Phi) is 6.37. The lowest BCUT2D eigenvalue weighted by atomic mass is 10.2. The summed E-state index contributed by atoms with van der Waals surface area (Å²) in [6, 6.07) is 0. The number of unbranched alkanes of at least 4 members (excludes halogenated alkanes) is 2. The average molecular weight is 247 g/mol. The second kappa shape index (κ2) is 6.21. The van der Waals surface area contributed by atoms with Crippen molar-refractivity contribution in [3.8, 4) is 0 Å². The first-order valence-corrected chi connectivity index (χ1v) is 13.3. The highest BCUT2D eigenvalue weighted by atomic mass is 28.4. The van der Waals surface area contributed by atoms with Crippen molar-refractivity contribution < 1.29 is 4.43 Å². The van der Waals surface area contributed by atoms with Gasteiger partial charge in [0, 0.05) is 5.73 Å². The van der Waals surface area contributed by atoms with E-state index in [9.17, 15) is 0 Å². The first kappa shape index (κ1) is 15.4. The summed E-state index contributed by atoms with van der Waals surface area (Å²) >= 11 is 0. The fourth-order valence-corrected chi connectivity index (χ4v) is 6.19. The van der Waals surface area contributed by atoms with Gasteiger partial charge < -0.3 is 4.43 Å². The number of hydrogen-bond acceptors (Lipinski definition) is 1. The molecule has 0 aromatic rings. The Balaban J connectivity index is 4.21. The molecular weight excluding hydrogens is 216 g/mol. The van der Waals surface area contributed by atoms with E-state index < -0.39 is 16.4 Å². The fourth-order valence-electron chi connectivity index (χ4n) is 1.68. The number of rotatable bonds is 7. The van der Waals surface area contributed by atoms with Crippen molar-refractivity contribution in [1.29, 1.82) is 0 Å². The fraction of sp³-hybridized carbons (Fsp3) is 1.00. The van der Waals surface area contributed by atoms with Crippen LogP contribution in [0.3, 0.4) is 0 Å². The largest absolute Gasteiger partial charge is 0.418 e. The van der Waals surface area contributed by atoms with Gasteiger partial charge >= 0.3 is 0 Å². The normalized spacial score (nSPS) is 15.4. The highest BCUT2D eigenvalue weighted by molar-refractivity contribution is 6.79. The van der Waals surface area contributed by atoms with Gasteiger partial charge in [-0.1, -0.05) is 45.8 Å². The predicted octanol–water partition coefficient (Wildman–Crippen LogP) is 4.66. The smallest absolute Gasteiger partial charge is 0.183 e. The molecule has 0 saturated heterocycles. The molecular formula is C12H30OSi2. The van der Waals surface area contributed by atoms with Crippen LogP contribution in [-0.2, 0) is 4.43 Å². The first-order chi connectivity index (χ1) is 6.67. The van der Waals surface area contributed by atoms with E-state index >= 15 is 0 Å². The van der Waals surface area contributed by atoms with Gasteiger partial charge in [0.1, 0.15) is 0 Å². The monoisotopic (exact) mass is 246 g/mol. The van der Waals surface area contributed by atoms with Crippen LogP contribution < -0.4 is 0 Å². The molecule has 0 aromatic carbocycles. The summed E-state index contributed by atoms with van der Waals surface area (Å²) in [4.78, 5) is 0. The molecule has 92 valence electrons. The first-order valence-electron chi connectivity index (χ1n) is 6.34. The maximum atomic E-state index is 6.35. The van der Waals surface area contributed by atoms with Gasteiger partial charge in [-0.2, -0.15) is 0 Å². The van der Waals surface area contributed by atoms with Crippen molar-refractivity contribution in [3.63, 3.8) is 0 Å². The van der Waals surface area contributed by atoms with E-state index in [1.165, 1.54) is 25.7 Å². The molecule has 0 bridgehead atoms. The van der Waals surface area contributed by atoms with Crippen LogP contribution in [0.4, 0.5) is 0 Å². The minimum absolute atomic E-state index is 0.579. The Morgan fingerprint density at radius 2 is 1.47 bits per heavy atom. The van der Waals surface area contributed by atoms with Gasteiger partial charge in [0.15, 0.2) is 8.32 Å². The maximum Gasteiger partial charge on any atom is 0.183 e. The number of hydrogen-bond donors (Lipinski definition) is 0. The molecule has 0 aromatic heterocycles. The van der Waals surface area contributed by atoms with Crippen LogP contribution in [0.1, 0.15) is 32.6 Å². The summed E-state index contributed by atoms with van der Waals surface area (Å²) in [7, 11) is -2.49. The Morgan fingerprint density at radius 1 is 0.933 bits per heavy atom. The van der Waals surface area contributed by atoms with E-state index in [0.29, 0.717) is 5.73 Å². The van der Waals surface area contributed by atoms with Crippen LogP contribution >= 0.6 is 0 Å². The minimum Gasteiger partial charge on any atom is -0.418 e. The molecule has 0 N–H and O–H groups in total. The molecule has 0 rings (SSSR count). The Labute approximate surface area is 98.8 Å². The standard InChI is InChI=1S/C12H30OSi2/c1-8-9-10-11-12(14(2,3)4)13-15(5,6)7/h12H,8-11H2,1-7H3. The summed E-state index contributed by atoms with van der Waals surface area (Å²) in [5, 5.41) is 0. The van der Waals surface area contributed by atoms with E-state index in [0.717, 1.165) is 0 Å². The van der Waals surface area contributed by atoms with Crippen LogP contribution in [0.15, 0.2) is 0 Å². The van der Waals surface area contributed by atoms with E-state index in [1.807, 2.05) is 0 Å². The maximum absolute atomic E-state index is 6.35. The zero-order valence-electron chi connectivity index (χ0n) is 11.8. The molecule has 3 heteroatoms. The van der Waals surface area contributed by atoms with Crippen molar-refractivity contribution in [3.05, 3.63) is 0 Å². The summed E-state index contributed by atoms with van der Waals surface area (Å²) in [5.41, 5.74) is 0.579. The molecule has 0 aliphatic rings.